The van der Waals surface area contributed by atoms with Crippen LogP contribution in [0.2, 0.25) is 0 Å². The van der Waals surface area contributed by atoms with Gasteiger partial charge in [0.05, 0.1) is 0 Å². The van der Waals surface area contributed by atoms with Gasteiger partial charge in [0.25, 0.3) is 0 Å². The molecule has 1 N–H and O–H groups in total. The molecular weight excluding hydrogens is 312 g/mol. The Morgan fingerprint density at radius 2 is 1.60 bits per heavy atom. The highest BCUT2D eigenvalue weighted by Crippen LogP contribution is 2.25. The second kappa shape index (κ2) is 9.22. The predicted molar refractivity (Wildman–Crippen MR) is 106 cm³/mol. The molecule has 3 heterocycles. The molecule has 6 heteroatoms. The lowest BCUT2D eigenvalue weighted by molar-refractivity contribution is 0.393. The van der Waals surface area contributed by atoms with E-state index in [-0.39, 0.29) is 0 Å². The molecule has 2 aliphatic heterocycles. The molecule has 0 aromatic carbocycles. The van der Waals surface area contributed by atoms with E-state index >= 15 is 0 Å². The summed E-state index contributed by atoms with van der Waals surface area (Å²) in [5.41, 5.74) is 0. The molecule has 6 nitrogen and oxygen atoms in total. The minimum Gasteiger partial charge on any atom is -0.370 e. The molecule has 25 heavy (non-hydrogen) atoms. The lowest BCUT2D eigenvalue weighted by atomic mass is 10.2. The quantitative estimate of drug-likeness (QED) is 0.694. The second-order valence-corrected chi connectivity index (χ2v) is 7.59. The van der Waals surface area contributed by atoms with Gasteiger partial charge in [-0.3, -0.25) is 0 Å². The van der Waals surface area contributed by atoms with Crippen molar-refractivity contribution in [3.05, 3.63) is 6.07 Å². The summed E-state index contributed by atoms with van der Waals surface area (Å²) in [6.07, 6.45) is 8.77. The largest absolute Gasteiger partial charge is 0.370 e. The van der Waals surface area contributed by atoms with Crippen molar-refractivity contribution in [2.45, 2.75) is 44.9 Å². The van der Waals surface area contributed by atoms with Crippen LogP contribution in [-0.4, -0.2) is 68.2 Å². The summed E-state index contributed by atoms with van der Waals surface area (Å²) < 4.78 is 0. The number of hydrogen-bond donors (Lipinski definition) is 1. The van der Waals surface area contributed by atoms with Gasteiger partial charge in [0.1, 0.15) is 11.6 Å². The molecule has 0 unspecified atom stereocenters. The normalized spacial score (nSPS) is 17.7. The van der Waals surface area contributed by atoms with Gasteiger partial charge in [-0.05, 0) is 59.2 Å². The van der Waals surface area contributed by atoms with Gasteiger partial charge in [-0.1, -0.05) is 6.42 Å². The van der Waals surface area contributed by atoms with Crippen molar-refractivity contribution in [1.82, 2.24) is 14.9 Å². The van der Waals surface area contributed by atoms with Crippen LogP contribution in [0, 0.1) is 0 Å². The summed E-state index contributed by atoms with van der Waals surface area (Å²) in [5, 5.41) is 3.54. The van der Waals surface area contributed by atoms with Crippen LogP contribution in [0.25, 0.3) is 0 Å². The van der Waals surface area contributed by atoms with Crippen molar-refractivity contribution >= 4 is 17.6 Å². The van der Waals surface area contributed by atoms with Crippen molar-refractivity contribution in [2.75, 3.05) is 68.5 Å². The van der Waals surface area contributed by atoms with E-state index in [1.54, 1.807) is 0 Å². The molecule has 1 aromatic rings. The van der Waals surface area contributed by atoms with Gasteiger partial charge < -0.3 is 20.0 Å². The third-order valence-electron chi connectivity index (χ3n) is 5.11. The van der Waals surface area contributed by atoms with Crippen LogP contribution < -0.4 is 15.1 Å². The van der Waals surface area contributed by atoms with E-state index in [4.69, 9.17) is 9.97 Å². The molecule has 0 radical (unpaired) electrons. The van der Waals surface area contributed by atoms with Crippen LogP contribution in [-0.2, 0) is 0 Å². The molecule has 3 rings (SSSR count). The van der Waals surface area contributed by atoms with Gasteiger partial charge in [-0.2, -0.15) is 9.97 Å². The SMILES string of the molecule is CN(C)CCCCCNc1cc(N2CCCC2)nc(N2CCCC2)n1. The fourth-order valence-corrected chi connectivity index (χ4v) is 3.63. The monoisotopic (exact) mass is 346 g/mol. The Balaban J connectivity index is 1.58. The fraction of sp³-hybridized carbons (Fsp3) is 0.789. The number of aromatic nitrogens is 2. The van der Waals surface area contributed by atoms with E-state index in [1.165, 1.54) is 51.5 Å². The zero-order valence-corrected chi connectivity index (χ0v) is 16.0. The molecule has 1 aromatic heterocycles. The predicted octanol–water partition coefficient (Wildman–Crippen LogP) is 2.82. The van der Waals surface area contributed by atoms with Gasteiger partial charge in [0.15, 0.2) is 0 Å². The summed E-state index contributed by atoms with van der Waals surface area (Å²) in [4.78, 5) is 16.7. The van der Waals surface area contributed by atoms with E-state index in [0.29, 0.717) is 0 Å². The third-order valence-corrected chi connectivity index (χ3v) is 5.11. The zero-order valence-electron chi connectivity index (χ0n) is 16.0. The molecule has 0 atom stereocenters. The molecule has 2 aliphatic rings. The Hall–Kier alpha value is -1.56. The Kier molecular flexibility index (Phi) is 6.73. The minimum absolute atomic E-state index is 0.914. The number of unbranched alkanes of at least 4 members (excludes halogenated alkanes) is 2. The van der Waals surface area contributed by atoms with Gasteiger partial charge in [0.2, 0.25) is 5.95 Å². The fourth-order valence-electron chi connectivity index (χ4n) is 3.63. The van der Waals surface area contributed by atoms with Crippen LogP contribution in [0.5, 0.6) is 0 Å². The summed E-state index contributed by atoms with van der Waals surface area (Å²) >= 11 is 0. The van der Waals surface area contributed by atoms with E-state index in [0.717, 1.165) is 50.3 Å². The number of nitrogens with one attached hydrogen (secondary N) is 1. The van der Waals surface area contributed by atoms with Crippen molar-refractivity contribution < 1.29 is 0 Å². The Bertz CT molecular complexity index is 486. The van der Waals surface area contributed by atoms with Crippen molar-refractivity contribution in [2.24, 2.45) is 0 Å². The highest BCUT2D eigenvalue weighted by atomic mass is 15.3. The molecule has 2 fully saturated rings. The molecule has 140 valence electrons. The summed E-state index contributed by atoms with van der Waals surface area (Å²) in [7, 11) is 4.28. The first-order valence-electron chi connectivity index (χ1n) is 10.00. The molecule has 0 aliphatic carbocycles. The molecule has 0 spiro atoms. The summed E-state index contributed by atoms with van der Waals surface area (Å²) in [5.74, 6) is 3.01. The maximum atomic E-state index is 4.87. The van der Waals surface area contributed by atoms with E-state index in [9.17, 15) is 0 Å². The Morgan fingerprint density at radius 3 is 2.28 bits per heavy atom. The topological polar surface area (TPSA) is 47.5 Å². The molecule has 0 saturated carbocycles. The third kappa shape index (κ3) is 5.46. The Labute approximate surface area is 152 Å². The lowest BCUT2D eigenvalue weighted by Crippen LogP contribution is -2.24. The molecule has 0 amide bonds. The van der Waals surface area contributed by atoms with Crippen LogP contribution in [0.4, 0.5) is 17.6 Å². The molecule has 2 saturated heterocycles. The average molecular weight is 347 g/mol. The maximum absolute atomic E-state index is 4.87. The lowest BCUT2D eigenvalue weighted by Gasteiger charge is -2.22. The van der Waals surface area contributed by atoms with Crippen molar-refractivity contribution in [1.29, 1.82) is 0 Å². The van der Waals surface area contributed by atoms with E-state index < -0.39 is 0 Å². The standard InChI is InChI=1S/C19H34N6/c1-23(2)11-5-3-4-10-20-17-16-18(24-12-6-7-13-24)22-19(21-17)25-14-8-9-15-25/h16H,3-15H2,1-2H3,(H,20,21,22). The van der Waals surface area contributed by atoms with Gasteiger partial charge in [-0.15, -0.1) is 0 Å². The summed E-state index contributed by atoms with van der Waals surface area (Å²) in [6, 6.07) is 2.14. The van der Waals surface area contributed by atoms with Crippen LogP contribution >= 0.6 is 0 Å². The van der Waals surface area contributed by atoms with Crippen molar-refractivity contribution in [3.63, 3.8) is 0 Å². The average Bonchev–Trinajstić information content (AvgIpc) is 3.31. The van der Waals surface area contributed by atoms with Crippen LogP contribution in [0.3, 0.4) is 0 Å². The number of hydrogen-bond acceptors (Lipinski definition) is 6. The molecular formula is C19H34N6. The van der Waals surface area contributed by atoms with Gasteiger partial charge >= 0.3 is 0 Å². The van der Waals surface area contributed by atoms with Gasteiger partial charge in [-0.25, -0.2) is 0 Å². The maximum Gasteiger partial charge on any atom is 0.229 e. The minimum atomic E-state index is 0.914. The van der Waals surface area contributed by atoms with Crippen LogP contribution in [0.15, 0.2) is 6.07 Å². The first kappa shape index (κ1) is 18.2. The highest BCUT2D eigenvalue weighted by Gasteiger charge is 2.20. The number of anilines is 3. The first-order valence-corrected chi connectivity index (χ1v) is 10.00. The van der Waals surface area contributed by atoms with Crippen molar-refractivity contribution in [3.8, 4) is 0 Å². The summed E-state index contributed by atoms with van der Waals surface area (Å²) in [6.45, 7) is 6.59. The molecule has 0 bridgehead atoms. The van der Waals surface area contributed by atoms with E-state index in [2.05, 4.69) is 40.2 Å². The smallest absolute Gasteiger partial charge is 0.229 e. The number of rotatable bonds is 9. The first-order chi connectivity index (χ1) is 12.2. The number of nitrogens with zero attached hydrogens (tertiary/aromatic N) is 5. The zero-order chi connectivity index (χ0) is 17.5. The highest BCUT2D eigenvalue weighted by molar-refractivity contribution is 5.55. The van der Waals surface area contributed by atoms with E-state index in [1.807, 2.05) is 0 Å². The van der Waals surface area contributed by atoms with Gasteiger partial charge in [0, 0.05) is 38.8 Å². The van der Waals surface area contributed by atoms with Crippen LogP contribution in [0.1, 0.15) is 44.9 Å². The Morgan fingerprint density at radius 1 is 0.920 bits per heavy atom. The second-order valence-electron chi connectivity index (χ2n) is 7.59.